The van der Waals surface area contributed by atoms with Crippen LogP contribution in [0.1, 0.15) is 21.5 Å². The van der Waals surface area contributed by atoms with Crippen LogP contribution in [0, 0.1) is 11.6 Å². The van der Waals surface area contributed by atoms with Crippen molar-refractivity contribution in [1.29, 1.82) is 0 Å². The molecule has 2 aromatic carbocycles. The summed E-state index contributed by atoms with van der Waals surface area (Å²) in [5, 5.41) is 0. The minimum atomic E-state index is -0.681. The van der Waals surface area contributed by atoms with Crippen LogP contribution < -0.4 is 4.90 Å². The van der Waals surface area contributed by atoms with E-state index in [9.17, 15) is 13.6 Å². The van der Waals surface area contributed by atoms with Crippen LogP contribution in [0.25, 0.3) is 0 Å². The molecule has 1 heterocycles. The Hall–Kier alpha value is -1.88. The van der Waals surface area contributed by atoms with Crippen LogP contribution in [0.3, 0.4) is 0 Å². The van der Waals surface area contributed by atoms with Crippen molar-refractivity contribution in [3.8, 4) is 0 Å². The number of amides is 1. The third kappa shape index (κ3) is 2.73. The molecule has 3 rings (SSSR count). The largest absolute Gasteiger partial charge is 0.305 e. The number of benzene rings is 2. The molecule has 1 aliphatic heterocycles. The molecule has 1 aliphatic rings. The number of thioether (sulfide) groups is 1. The molecule has 0 unspecified atom stereocenters. The Bertz CT molecular complexity index is 715. The molecule has 0 aliphatic carbocycles. The van der Waals surface area contributed by atoms with Crippen LogP contribution in [0.4, 0.5) is 14.5 Å². The monoisotopic (exact) mass is 319 g/mol. The van der Waals surface area contributed by atoms with Crippen molar-refractivity contribution in [1.82, 2.24) is 0 Å². The van der Waals surface area contributed by atoms with Crippen LogP contribution in [-0.2, 0) is 12.2 Å². The van der Waals surface area contributed by atoms with Crippen LogP contribution in [-0.4, -0.2) is 18.7 Å². The molecule has 5 heteroatoms. The smallest absolute Gasteiger partial charge is 0.258 e. The second kappa shape index (κ2) is 6.08. The van der Waals surface area contributed by atoms with Gasteiger partial charge in [0, 0.05) is 23.9 Å². The molecule has 0 aromatic heterocycles. The van der Waals surface area contributed by atoms with Gasteiger partial charge >= 0.3 is 0 Å². The molecule has 1 amide bonds. The molecule has 0 radical (unpaired) electrons. The van der Waals surface area contributed by atoms with E-state index in [0.717, 1.165) is 17.4 Å². The number of fused-ring (bicyclic) bond motifs is 1. The van der Waals surface area contributed by atoms with Gasteiger partial charge in [0.05, 0.1) is 5.69 Å². The number of carbonyl (C=O) groups excluding carboxylic acids is 1. The van der Waals surface area contributed by atoms with E-state index in [1.165, 1.54) is 11.0 Å². The lowest BCUT2D eigenvalue weighted by Crippen LogP contribution is -2.29. The summed E-state index contributed by atoms with van der Waals surface area (Å²) in [6, 6.07) is 9.45. The molecule has 114 valence electrons. The summed E-state index contributed by atoms with van der Waals surface area (Å²) in [5.41, 5.74) is 2.41. The Labute approximate surface area is 132 Å². The number of carbonyl (C=O) groups is 1. The van der Waals surface area contributed by atoms with Crippen molar-refractivity contribution in [3.05, 3.63) is 64.7 Å². The first-order valence-electron chi connectivity index (χ1n) is 6.98. The molecule has 0 N–H and O–H groups in total. The van der Waals surface area contributed by atoms with E-state index in [-0.39, 0.29) is 11.6 Å². The fourth-order valence-corrected chi connectivity index (χ4v) is 3.25. The maximum Gasteiger partial charge on any atom is 0.258 e. The van der Waals surface area contributed by atoms with Crippen molar-refractivity contribution in [3.63, 3.8) is 0 Å². The van der Waals surface area contributed by atoms with E-state index >= 15 is 0 Å². The third-order valence-corrected chi connectivity index (χ3v) is 4.36. The number of rotatable bonds is 3. The van der Waals surface area contributed by atoms with Gasteiger partial charge in [0.2, 0.25) is 0 Å². The molecule has 22 heavy (non-hydrogen) atoms. The van der Waals surface area contributed by atoms with E-state index < -0.39 is 11.6 Å². The number of nitrogens with zero attached hydrogens (tertiary/aromatic N) is 1. The highest BCUT2D eigenvalue weighted by atomic mass is 32.2. The lowest BCUT2D eigenvalue weighted by atomic mass is 10.1. The highest BCUT2D eigenvalue weighted by Gasteiger charge is 2.29. The lowest BCUT2D eigenvalue weighted by molar-refractivity contribution is 0.0988. The van der Waals surface area contributed by atoms with Gasteiger partial charge in [-0.2, -0.15) is 11.8 Å². The average molecular weight is 319 g/mol. The summed E-state index contributed by atoms with van der Waals surface area (Å²) >= 11 is 1.71. The van der Waals surface area contributed by atoms with Crippen LogP contribution in [0.15, 0.2) is 36.4 Å². The minimum absolute atomic E-state index is 0.208. The molecule has 0 atom stereocenters. The van der Waals surface area contributed by atoms with E-state index in [1.54, 1.807) is 23.9 Å². The predicted molar refractivity (Wildman–Crippen MR) is 85.4 cm³/mol. The third-order valence-electron chi connectivity index (χ3n) is 3.74. The number of hydrogen-bond acceptors (Lipinski definition) is 2. The van der Waals surface area contributed by atoms with Crippen molar-refractivity contribution < 1.29 is 13.6 Å². The highest BCUT2D eigenvalue weighted by molar-refractivity contribution is 7.97. The van der Waals surface area contributed by atoms with Crippen LogP contribution >= 0.6 is 11.8 Å². The first-order chi connectivity index (χ1) is 10.6. The second-order valence-electron chi connectivity index (χ2n) is 5.23. The molecule has 0 saturated carbocycles. The quantitative estimate of drug-likeness (QED) is 0.851. The second-order valence-corrected chi connectivity index (χ2v) is 6.10. The van der Waals surface area contributed by atoms with E-state index in [0.29, 0.717) is 24.1 Å². The first kappa shape index (κ1) is 15.0. The molecular weight excluding hydrogens is 304 g/mol. The lowest BCUT2D eigenvalue weighted by Gasteiger charge is -2.18. The summed E-state index contributed by atoms with van der Waals surface area (Å²) in [6.07, 6.45) is 2.49. The van der Waals surface area contributed by atoms with E-state index in [4.69, 9.17) is 0 Å². The van der Waals surface area contributed by atoms with E-state index in [2.05, 4.69) is 0 Å². The van der Waals surface area contributed by atoms with Gasteiger partial charge in [-0.05, 0) is 42.0 Å². The Morgan fingerprint density at radius 2 is 1.95 bits per heavy atom. The SMILES string of the molecule is CSCc1ccc(C(=O)N2CCc3cc(F)cc(F)c32)cc1. The molecule has 0 bridgehead atoms. The topological polar surface area (TPSA) is 20.3 Å². The summed E-state index contributed by atoms with van der Waals surface area (Å²) in [7, 11) is 0. The van der Waals surface area contributed by atoms with Gasteiger partial charge in [-0.3, -0.25) is 4.79 Å². The maximum absolute atomic E-state index is 14.0. The summed E-state index contributed by atoms with van der Waals surface area (Å²) < 4.78 is 27.3. The minimum Gasteiger partial charge on any atom is -0.305 e. The fourth-order valence-electron chi connectivity index (χ4n) is 2.73. The van der Waals surface area contributed by atoms with Gasteiger partial charge < -0.3 is 4.90 Å². The van der Waals surface area contributed by atoms with Crippen molar-refractivity contribution in [2.45, 2.75) is 12.2 Å². The van der Waals surface area contributed by atoms with Gasteiger partial charge in [0.1, 0.15) is 11.6 Å². The van der Waals surface area contributed by atoms with Gasteiger partial charge in [0.25, 0.3) is 5.91 Å². The zero-order valence-corrected chi connectivity index (χ0v) is 12.9. The molecule has 0 spiro atoms. The Kier molecular flexibility index (Phi) is 4.16. The number of halogens is 2. The number of anilines is 1. The summed E-state index contributed by atoms with van der Waals surface area (Å²) in [6.45, 7) is 0.376. The molecule has 0 fully saturated rings. The number of hydrogen-bond donors (Lipinski definition) is 0. The molecule has 2 nitrogen and oxygen atoms in total. The van der Waals surface area contributed by atoms with E-state index in [1.807, 2.05) is 18.4 Å². The zero-order chi connectivity index (χ0) is 15.7. The summed E-state index contributed by atoms with van der Waals surface area (Å²) in [5.74, 6) is -0.652. The van der Waals surface area contributed by atoms with Gasteiger partial charge in [-0.15, -0.1) is 0 Å². The molecule has 2 aromatic rings. The summed E-state index contributed by atoms with van der Waals surface area (Å²) in [4.78, 5) is 14.0. The average Bonchev–Trinajstić information content (AvgIpc) is 2.91. The van der Waals surface area contributed by atoms with Crippen LogP contribution in [0.2, 0.25) is 0 Å². The Morgan fingerprint density at radius 3 is 2.64 bits per heavy atom. The van der Waals surface area contributed by atoms with Crippen molar-refractivity contribution in [2.24, 2.45) is 0 Å². The maximum atomic E-state index is 14.0. The standard InChI is InChI=1S/C17H15F2NOS/c1-22-10-11-2-4-12(5-3-11)17(21)20-7-6-13-8-14(18)9-15(19)16(13)20/h2-5,8-9H,6-7,10H2,1H3. The Morgan fingerprint density at radius 1 is 1.23 bits per heavy atom. The normalized spacial score (nSPS) is 13.3. The van der Waals surface area contributed by atoms with Crippen molar-refractivity contribution in [2.75, 3.05) is 17.7 Å². The molecular formula is C17H15F2NOS. The molecule has 0 saturated heterocycles. The predicted octanol–water partition coefficient (Wildman–Crippen LogP) is 4.03. The van der Waals surface area contributed by atoms with Gasteiger partial charge in [0.15, 0.2) is 0 Å². The Balaban J connectivity index is 1.89. The van der Waals surface area contributed by atoms with Gasteiger partial charge in [-0.1, -0.05) is 12.1 Å². The first-order valence-corrected chi connectivity index (χ1v) is 8.37. The van der Waals surface area contributed by atoms with Crippen molar-refractivity contribution >= 4 is 23.4 Å². The fraction of sp³-hybridized carbons (Fsp3) is 0.235. The zero-order valence-electron chi connectivity index (χ0n) is 12.1. The van der Waals surface area contributed by atoms with Crippen LogP contribution in [0.5, 0.6) is 0 Å². The highest BCUT2D eigenvalue weighted by Crippen LogP contribution is 2.33. The van der Waals surface area contributed by atoms with Gasteiger partial charge in [-0.25, -0.2) is 8.78 Å².